The highest BCUT2D eigenvalue weighted by atomic mass is 16.5. The van der Waals surface area contributed by atoms with Gasteiger partial charge in [0.1, 0.15) is 6.33 Å². The summed E-state index contributed by atoms with van der Waals surface area (Å²) in [6.07, 6.45) is 8.73. The van der Waals surface area contributed by atoms with Crippen LogP contribution in [0.5, 0.6) is 0 Å². The first kappa shape index (κ1) is 20.3. The number of carbonyl (C=O) groups is 1. The molecule has 0 spiro atoms. The first-order valence-electron chi connectivity index (χ1n) is 10.9. The van der Waals surface area contributed by atoms with E-state index in [0.29, 0.717) is 35.9 Å². The maximum Gasteiger partial charge on any atom is 0.274 e. The van der Waals surface area contributed by atoms with Gasteiger partial charge in [-0.25, -0.2) is 9.97 Å². The van der Waals surface area contributed by atoms with Crippen LogP contribution in [0.3, 0.4) is 0 Å². The van der Waals surface area contributed by atoms with Crippen molar-refractivity contribution >= 4 is 11.6 Å². The van der Waals surface area contributed by atoms with Crippen molar-refractivity contribution in [3.8, 4) is 0 Å². The lowest BCUT2D eigenvalue weighted by Crippen LogP contribution is -2.46. The summed E-state index contributed by atoms with van der Waals surface area (Å²) >= 11 is 0. The molecule has 158 valence electrons. The molecule has 0 aromatic carbocycles. The van der Waals surface area contributed by atoms with Crippen molar-refractivity contribution in [2.24, 2.45) is 11.8 Å². The summed E-state index contributed by atoms with van der Waals surface area (Å²) in [6, 6.07) is 2.17. The summed E-state index contributed by atoms with van der Waals surface area (Å²) < 4.78 is 13.2. The number of aromatic nitrogens is 3. The number of nitrogens with zero attached hydrogens (tertiary/aromatic N) is 3. The number of unbranched alkanes of at least 4 members (excludes halogenated alkanes) is 1. The van der Waals surface area contributed by atoms with Gasteiger partial charge in [-0.15, -0.1) is 0 Å². The van der Waals surface area contributed by atoms with Gasteiger partial charge >= 0.3 is 0 Å². The molecule has 2 aromatic heterocycles. The molecule has 1 amide bonds. The maximum atomic E-state index is 13.1. The van der Waals surface area contributed by atoms with Crippen molar-refractivity contribution in [3.05, 3.63) is 29.5 Å². The molecule has 2 bridgehead atoms. The number of carbonyl (C=O) groups excluding carboxylic acids is 1. The number of amides is 1. The second kappa shape index (κ2) is 8.79. The van der Waals surface area contributed by atoms with Crippen LogP contribution in [0.1, 0.15) is 67.3 Å². The molecular weight excluding hydrogens is 368 g/mol. The van der Waals surface area contributed by atoms with Crippen LogP contribution in [0.4, 0.5) is 0 Å². The first-order valence-corrected chi connectivity index (χ1v) is 10.9. The van der Waals surface area contributed by atoms with Gasteiger partial charge in [0.05, 0.1) is 18.4 Å². The van der Waals surface area contributed by atoms with Crippen molar-refractivity contribution in [1.82, 2.24) is 19.7 Å². The van der Waals surface area contributed by atoms with Gasteiger partial charge in [0.15, 0.2) is 11.3 Å². The molecule has 7 nitrogen and oxygen atoms in total. The second-order valence-electron chi connectivity index (χ2n) is 8.52. The third-order valence-corrected chi connectivity index (χ3v) is 6.42. The molecule has 7 heteroatoms. The quantitative estimate of drug-likeness (QED) is 0.688. The molecule has 0 aliphatic heterocycles. The summed E-state index contributed by atoms with van der Waals surface area (Å²) in [7, 11) is 1.66. The van der Waals surface area contributed by atoms with Crippen molar-refractivity contribution < 1.29 is 14.3 Å². The van der Waals surface area contributed by atoms with E-state index in [1.54, 1.807) is 13.4 Å². The number of hydrogen-bond donors (Lipinski definition) is 1. The van der Waals surface area contributed by atoms with Crippen LogP contribution in [0.15, 0.2) is 12.4 Å². The fourth-order valence-corrected chi connectivity index (χ4v) is 5.05. The Labute approximate surface area is 172 Å². The Hall–Kier alpha value is -1.99. The summed E-state index contributed by atoms with van der Waals surface area (Å²) in [5.74, 6) is 0.870. The van der Waals surface area contributed by atoms with Gasteiger partial charge in [-0.05, 0) is 56.9 Å². The summed E-state index contributed by atoms with van der Waals surface area (Å²) in [4.78, 5) is 22.0. The van der Waals surface area contributed by atoms with Crippen LogP contribution < -0.4 is 5.32 Å². The van der Waals surface area contributed by atoms with Gasteiger partial charge in [0.25, 0.3) is 5.91 Å². The smallest absolute Gasteiger partial charge is 0.274 e. The Balaban J connectivity index is 1.47. The zero-order valence-electron chi connectivity index (χ0n) is 17.7. The average Bonchev–Trinajstić information content (AvgIpc) is 3.20. The lowest BCUT2D eigenvalue weighted by molar-refractivity contribution is -0.00121. The summed E-state index contributed by atoms with van der Waals surface area (Å²) in [5.41, 5.74) is 2.78. The zero-order valence-corrected chi connectivity index (χ0v) is 17.7. The van der Waals surface area contributed by atoms with Crippen LogP contribution in [0.25, 0.3) is 5.65 Å². The molecule has 1 N–H and O–H groups in total. The van der Waals surface area contributed by atoms with Gasteiger partial charge in [-0.1, -0.05) is 13.3 Å². The average molecular weight is 401 g/mol. The molecule has 0 radical (unpaired) electrons. The third kappa shape index (κ3) is 4.16. The molecule has 2 aromatic rings. The summed E-state index contributed by atoms with van der Waals surface area (Å²) in [5, 5.41) is 3.29. The molecule has 29 heavy (non-hydrogen) atoms. The SMILES string of the molecule is CCCCOC1CC2CCC(C1)C2NC(=O)c1ncn2c(COC)cc(C)nc12. The predicted molar refractivity (Wildman–Crippen MR) is 110 cm³/mol. The highest BCUT2D eigenvalue weighted by Gasteiger charge is 2.44. The molecule has 2 aliphatic rings. The minimum Gasteiger partial charge on any atom is -0.378 e. The van der Waals surface area contributed by atoms with Crippen LogP contribution in [0, 0.1) is 18.8 Å². The molecule has 2 fully saturated rings. The Kier molecular flexibility index (Phi) is 6.15. The molecule has 2 unspecified atom stereocenters. The molecule has 2 atom stereocenters. The van der Waals surface area contributed by atoms with Crippen LogP contribution >= 0.6 is 0 Å². The number of methoxy groups -OCH3 is 1. The van der Waals surface area contributed by atoms with Gasteiger partial charge in [0, 0.05) is 25.5 Å². The van der Waals surface area contributed by atoms with Gasteiger partial charge in [-0.2, -0.15) is 0 Å². The number of hydrogen-bond acceptors (Lipinski definition) is 5. The number of aryl methyl sites for hydroxylation is 1. The number of nitrogens with one attached hydrogen (secondary N) is 1. The van der Waals surface area contributed by atoms with E-state index in [4.69, 9.17) is 9.47 Å². The van der Waals surface area contributed by atoms with Crippen LogP contribution in [0.2, 0.25) is 0 Å². The van der Waals surface area contributed by atoms with E-state index in [9.17, 15) is 4.79 Å². The zero-order chi connectivity index (χ0) is 20.4. The van der Waals surface area contributed by atoms with E-state index in [0.717, 1.165) is 43.7 Å². The van der Waals surface area contributed by atoms with E-state index in [1.807, 2.05) is 17.4 Å². The Morgan fingerprint density at radius 2 is 2.07 bits per heavy atom. The minimum atomic E-state index is -0.124. The van der Waals surface area contributed by atoms with Crippen LogP contribution in [-0.4, -0.2) is 46.1 Å². The van der Waals surface area contributed by atoms with Crippen molar-refractivity contribution in [3.63, 3.8) is 0 Å². The van der Waals surface area contributed by atoms with E-state index in [1.165, 1.54) is 12.8 Å². The van der Waals surface area contributed by atoms with Gasteiger partial charge < -0.3 is 14.8 Å². The monoisotopic (exact) mass is 400 g/mol. The number of imidazole rings is 1. The molecular formula is C22H32N4O3. The van der Waals surface area contributed by atoms with Crippen molar-refractivity contribution in [2.45, 2.75) is 71.1 Å². The van der Waals surface area contributed by atoms with E-state index >= 15 is 0 Å². The van der Waals surface area contributed by atoms with Crippen molar-refractivity contribution in [2.75, 3.05) is 13.7 Å². The largest absolute Gasteiger partial charge is 0.378 e. The lowest BCUT2D eigenvalue weighted by atomic mass is 9.82. The molecule has 4 rings (SSSR count). The Morgan fingerprint density at radius 3 is 2.76 bits per heavy atom. The minimum absolute atomic E-state index is 0.124. The number of ether oxygens (including phenoxy) is 2. The molecule has 2 saturated carbocycles. The highest BCUT2D eigenvalue weighted by molar-refractivity contribution is 5.98. The molecule has 2 aliphatic carbocycles. The summed E-state index contributed by atoms with van der Waals surface area (Å²) in [6.45, 7) is 5.41. The standard InChI is InChI=1S/C22H32N4O3/c1-4-5-8-29-18-10-15-6-7-16(11-18)19(15)25-22(27)20-21-24-14(2)9-17(12-28-3)26(21)13-23-20/h9,13,15-16,18-19H,4-8,10-12H2,1-3H3,(H,25,27). The highest BCUT2D eigenvalue weighted by Crippen LogP contribution is 2.43. The second-order valence-corrected chi connectivity index (χ2v) is 8.52. The van der Waals surface area contributed by atoms with Crippen molar-refractivity contribution in [1.29, 1.82) is 0 Å². The molecule has 0 saturated heterocycles. The van der Waals surface area contributed by atoms with Gasteiger partial charge in [-0.3, -0.25) is 9.20 Å². The van der Waals surface area contributed by atoms with E-state index < -0.39 is 0 Å². The van der Waals surface area contributed by atoms with E-state index in [2.05, 4.69) is 22.2 Å². The Bertz CT molecular complexity index is 851. The van der Waals surface area contributed by atoms with E-state index in [-0.39, 0.29) is 11.9 Å². The molecule has 2 heterocycles. The normalized spacial score (nSPS) is 26.2. The lowest BCUT2D eigenvalue weighted by Gasteiger charge is -2.35. The van der Waals surface area contributed by atoms with Crippen LogP contribution in [-0.2, 0) is 16.1 Å². The third-order valence-electron chi connectivity index (χ3n) is 6.42. The maximum absolute atomic E-state index is 13.1. The number of rotatable bonds is 8. The Morgan fingerprint density at radius 1 is 1.31 bits per heavy atom. The fraction of sp³-hybridized carbons (Fsp3) is 0.682. The van der Waals surface area contributed by atoms with Gasteiger partial charge in [0.2, 0.25) is 0 Å². The predicted octanol–water partition coefficient (Wildman–Crippen LogP) is 3.29. The number of fused-ring (bicyclic) bond motifs is 3. The first-order chi connectivity index (χ1) is 14.1. The topological polar surface area (TPSA) is 77.8 Å². The fourth-order valence-electron chi connectivity index (χ4n) is 5.05.